The fraction of sp³-hybridized carbons (Fsp3) is 0. The van der Waals surface area contributed by atoms with Gasteiger partial charge >= 0.3 is 71.1 Å². The van der Waals surface area contributed by atoms with E-state index in [0.29, 0.717) is 11.1 Å². The number of ketones is 1. The Kier molecular flexibility index (Phi) is 10.1. The molecular weight excluding hydrogens is 330 g/mol. The molecule has 2 N–H and O–H groups in total. The zero-order valence-electron chi connectivity index (χ0n) is 15.4. The molecule has 0 saturated heterocycles. The maximum absolute atomic E-state index is 11.9. The summed E-state index contributed by atoms with van der Waals surface area (Å²) in [5.41, 5.74) is 1.36. The van der Waals surface area contributed by atoms with E-state index in [-0.39, 0.29) is 78.9 Å². The van der Waals surface area contributed by atoms with Gasteiger partial charge in [-0.05, 0) is 35.9 Å². The van der Waals surface area contributed by atoms with Crippen LogP contribution in [0.3, 0.4) is 0 Å². The van der Waals surface area contributed by atoms with Crippen LogP contribution in [0.25, 0.3) is 6.08 Å². The molecule has 2 aromatic rings. The van der Waals surface area contributed by atoms with Crippen LogP contribution in [0.5, 0.6) is 0 Å². The van der Waals surface area contributed by atoms with E-state index in [4.69, 9.17) is 10.2 Å². The normalized spacial score (nSPS) is 9.67. The number of rotatable bonds is 5. The van der Waals surface area contributed by atoms with Crippen LogP contribution >= 0.6 is 0 Å². The van der Waals surface area contributed by atoms with Gasteiger partial charge in [0.1, 0.15) is 0 Å². The molecule has 0 radical (unpaired) electrons. The minimum absolute atomic E-state index is 0. The Bertz CT molecular complexity index is 760. The Morgan fingerprint density at radius 2 is 1.08 bits per heavy atom. The van der Waals surface area contributed by atoms with Crippen LogP contribution in [0.4, 0.5) is 0 Å². The van der Waals surface area contributed by atoms with Crippen molar-refractivity contribution in [3.63, 3.8) is 0 Å². The van der Waals surface area contributed by atoms with Crippen molar-refractivity contribution in [2.24, 2.45) is 0 Å². The van der Waals surface area contributed by atoms with E-state index >= 15 is 0 Å². The number of allylic oxidation sites excluding steroid dienone is 1. The van der Waals surface area contributed by atoms with Gasteiger partial charge in [0.15, 0.2) is 5.78 Å². The smallest absolute Gasteiger partial charge is 1.00 e. The van der Waals surface area contributed by atoms with Gasteiger partial charge in [0.2, 0.25) is 0 Å². The topological polar surface area (TPSA) is 91.7 Å². The molecule has 0 spiro atoms. The Balaban J connectivity index is -0.00000132. The van der Waals surface area contributed by atoms with Crippen molar-refractivity contribution in [3.8, 4) is 0 Å². The van der Waals surface area contributed by atoms with Gasteiger partial charge in [0.05, 0.1) is 11.1 Å². The van der Waals surface area contributed by atoms with E-state index in [9.17, 15) is 14.4 Å². The van der Waals surface area contributed by atoms with Gasteiger partial charge < -0.3 is 13.1 Å². The van der Waals surface area contributed by atoms with E-state index in [2.05, 4.69) is 0 Å². The van der Waals surface area contributed by atoms with Crippen LogP contribution in [-0.2, 0) is 0 Å². The molecule has 0 aliphatic carbocycles. The third kappa shape index (κ3) is 6.36. The molecule has 5 nitrogen and oxygen atoms in total. The van der Waals surface area contributed by atoms with Crippen molar-refractivity contribution in [2.45, 2.75) is 0 Å². The van der Waals surface area contributed by atoms with Crippen molar-refractivity contribution in [2.75, 3.05) is 0 Å². The number of hydrogen-bond donors (Lipinski definition) is 2. The molecule has 2 aromatic carbocycles. The minimum atomic E-state index is -1.05. The first-order valence-electron chi connectivity index (χ1n) is 6.36. The minimum Gasteiger partial charge on any atom is -1.00 e. The summed E-state index contributed by atoms with van der Waals surface area (Å²) in [6.45, 7) is 0. The molecule has 0 saturated carbocycles. The number of carbonyl (C=O) groups is 3. The number of benzene rings is 2. The predicted octanol–water partition coefficient (Wildman–Crippen LogP) is -2.79. The van der Waals surface area contributed by atoms with E-state index in [0.717, 1.165) is 0 Å². The molecular formula is C17H14Na2O5. The predicted molar refractivity (Wildman–Crippen MR) is 82.4 cm³/mol. The second-order valence-corrected chi connectivity index (χ2v) is 4.51. The first-order valence-corrected chi connectivity index (χ1v) is 6.36. The second-order valence-electron chi connectivity index (χ2n) is 4.51. The zero-order chi connectivity index (χ0) is 16.1. The monoisotopic (exact) mass is 344 g/mol. The maximum Gasteiger partial charge on any atom is 1.00 e. The summed E-state index contributed by atoms with van der Waals surface area (Å²) in [4.78, 5) is 33.4. The van der Waals surface area contributed by atoms with E-state index in [1.165, 1.54) is 42.5 Å². The molecule has 7 heteroatoms. The van der Waals surface area contributed by atoms with Crippen LogP contribution in [0.1, 0.15) is 39.5 Å². The second kappa shape index (κ2) is 10.6. The number of hydrogen-bond acceptors (Lipinski definition) is 3. The molecule has 0 bridgehead atoms. The van der Waals surface area contributed by atoms with Crippen LogP contribution in [0, 0.1) is 0 Å². The third-order valence-electron chi connectivity index (χ3n) is 3.00. The fourth-order valence-electron chi connectivity index (χ4n) is 1.78. The molecule has 114 valence electrons. The summed E-state index contributed by atoms with van der Waals surface area (Å²) < 4.78 is 0. The van der Waals surface area contributed by atoms with Gasteiger partial charge in [-0.1, -0.05) is 30.3 Å². The van der Waals surface area contributed by atoms with Crippen LogP contribution in [0.2, 0.25) is 0 Å². The summed E-state index contributed by atoms with van der Waals surface area (Å²) in [7, 11) is 0. The summed E-state index contributed by atoms with van der Waals surface area (Å²) in [5, 5.41) is 17.6. The Morgan fingerprint density at radius 1 is 0.708 bits per heavy atom. The molecule has 0 heterocycles. The van der Waals surface area contributed by atoms with Crippen LogP contribution in [-0.4, -0.2) is 27.9 Å². The third-order valence-corrected chi connectivity index (χ3v) is 3.00. The van der Waals surface area contributed by atoms with Crippen LogP contribution in [0.15, 0.2) is 54.6 Å². The first-order chi connectivity index (χ1) is 10.5. The van der Waals surface area contributed by atoms with Crippen molar-refractivity contribution < 1.29 is 86.6 Å². The molecule has 0 fully saturated rings. The van der Waals surface area contributed by atoms with E-state index in [1.807, 2.05) is 0 Å². The average Bonchev–Trinajstić information content (AvgIpc) is 2.53. The Morgan fingerprint density at radius 3 is 1.50 bits per heavy atom. The maximum atomic E-state index is 11.9. The molecule has 0 aliphatic heterocycles. The largest absolute Gasteiger partial charge is 1.00 e. The first kappa shape index (κ1) is 22.8. The summed E-state index contributed by atoms with van der Waals surface area (Å²) in [5.74, 6) is -2.32. The van der Waals surface area contributed by atoms with Crippen molar-refractivity contribution in [3.05, 3.63) is 76.9 Å². The van der Waals surface area contributed by atoms with Gasteiger partial charge in [-0.15, -0.1) is 0 Å². The number of carboxylic acid groups (broad SMARTS) is 2. The Hall–Kier alpha value is -1.21. The molecule has 0 unspecified atom stereocenters. The molecule has 0 aliphatic rings. The molecule has 0 amide bonds. The molecule has 0 atom stereocenters. The summed E-state index contributed by atoms with van der Waals surface area (Å²) >= 11 is 0. The number of carbonyl (C=O) groups excluding carboxylic acids is 1. The summed E-state index contributed by atoms with van der Waals surface area (Å²) in [6, 6.07) is 11.7. The average molecular weight is 344 g/mol. The van der Waals surface area contributed by atoms with Crippen molar-refractivity contribution in [1.29, 1.82) is 0 Å². The SMILES string of the molecule is O=C(O)c1ccc(/C=C/C(=O)c2ccc(C(=O)O)cc2)cc1.[H-].[H-].[Na+].[Na+]. The quantitative estimate of drug-likeness (QED) is 0.348. The van der Waals surface area contributed by atoms with Crippen molar-refractivity contribution >= 4 is 23.8 Å². The molecule has 2 rings (SSSR count). The van der Waals surface area contributed by atoms with E-state index in [1.54, 1.807) is 18.2 Å². The zero-order valence-corrected chi connectivity index (χ0v) is 17.4. The Labute approximate surface area is 185 Å². The fourth-order valence-corrected chi connectivity index (χ4v) is 1.78. The van der Waals surface area contributed by atoms with Crippen LogP contribution < -0.4 is 59.1 Å². The van der Waals surface area contributed by atoms with Gasteiger partial charge in [-0.25, -0.2) is 9.59 Å². The van der Waals surface area contributed by atoms with Gasteiger partial charge in [-0.2, -0.15) is 0 Å². The van der Waals surface area contributed by atoms with E-state index < -0.39 is 11.9 Å². The standard InChI is InChI=1S/C17H12O5.2Na.2H/c18-15(12-6-8-14(9-7-12)17(21)22)10-3-11-1-4-13(5-2-11)16(19)20;;;;/h1-10H,(H,19,20)(H,21,22);;;;/q;2*+1;2*-1/b10-3+;;;;. The van der Waals surface area contributed by atoms with Gasteiger partial charge in [0.25, 0.3) is 0 Å². The molecule has 24 heavy (non-hydrogen) atoms. The summed E-state index contributed by atoms with van der Waals surface area (Å²) in [6.07, 6.45) is 2.92. The van der Waals surface area contributed by atoms with Gasteiger partial charge in [0, 0.05) is 5.56 Å². The molecule has 0 aromatic heterocycles. The van der Waals surface area contributed by atoms with Crippen molar-refractivity contribution in [1.82, 2.24) is 0 Å². The number of carboxylic acids is 2. The number of aromatic carboxylic acids is 2. The van der Waals surface area contributed by atoms with Gasteiger partial charge in [-0.3, -0.25) is 4.79 Å².